The Hall–Kier alpha value is 0.830. The van der Waals surface area contributed by atoms with Gasteiger partial charge in [-0.25, -0.2) is 0 Å². The van der Waals surface area contributed by atoms with Gasteiger partial charge in [0.25, 0.3) is 0 Å². The molecule has 0 aliphatic heterocycles. The topological polar surface area (TPSA) is 3.24 Å². The predicted octanol–water partition coefficient (Wildman–Crippen LogP) is 2.79. The minimum absolute atomic E-state index is 0.678. The van der Waals surface area contributed by atoms with Crippen LogP contribution in [0.1, 0.15) is 12.8 Å². The Balaban J connectivity index is 3.34. The van der Waals surface area contributed by atoms with E-state index in [0.717, 1.165) is 38.4 Å². The first-order valence-corrected chi connectivity index (χ1v) is 5.85. The van der Waals surface area contributed by atoms with Crippen molar-refractivity contribution in [2.24, 2.45) is 0 Å². The van der Waals surface area contributed by atoms with Crippen LogP contribution in [0.2, 0.25) is 0 Å². The molecule has 1 nitrogen and oxygen atoms in total. The van der Waals surface area contributed by atoms with Crippen LogP contribution in [-0.4, -0.2) is 42.2 Å². The second-order valence-corrected chi connectivity index (χ2v) is 3.75. The first kappa shape index (κ1) is 12.8. The van der Waals surface area contributed by atoms with E-state index < -0.39 is 0 Å². The number of halogens is 3. The molecule has 0 aliphatic carbocycles. The summed E-state index contributed by atoms with van der Waals surface area (Å²) in [7, 11) is 0. The van der Waals surface area contributed by atoms with E-state index >= 15 is 0 Å². The molecule has 4 heteroatoms. The molecular weight excluding hydrogens is 216 g/mol. The van der Waals surface area contributed by atoms with Gasteiger partial charge >= 0.3 is 0 Å². The largest absolute Gasteiger partial charge is 0.301 e. The van der Waals surface area contributed by atoms with Gasteiger partial charge in [-0.3, -0.25) is 0 Å². The Kier molecular flexibility index (Phi) is 10.6. The number of hydrogen-bond acceptors (Lipinski definition) is 1. The molecule has 74 valence electrons. The highest BCUT2D eigenvalue weighted by molar-refractivity contribution is 6.18. The van der Waals surface area contributed by atoms with E-state index in [0.29, 0.717) is 11.8 Å². The molecule has 0 aromatic carbocycles. The van der Waals surface area contributed by atoms with Crippen molar-refractivity contribution < 1.29 is 0 Å². The van der Waals surface area contributed by atoms with Crippen molar-refractivity contribution in [3.63, 3.8) is 0 Å². The Labute approximate surface area is 90.0 Å². The Morgan fingerprint density at radius 2 is 1.25 bits per heavy atom. The van der Waals surface area contributed by atoms with Gasteiger partial charge < -0.3 is 4.90 Å². The molecule has 0 N–H and O–H groups in total. The molecule has 0 rings (SSSR count). The summed E-state index contributed by atoms with van der Waals surface area (Å²) in [5.41, 5.74) is 0. The lowest BCUT2D eigenvalue weighted by atomic mass is 10.3. The summed E-state index contributed by atoms with van der Waals surface area (Å²) in [6.45, 7) is 2.92. The minimum Gasteiger partial charge on any atom is -0.301 e. The molecule has 0 saturated heterocycles. The average molecular weight is 233 g/mol. The van der Waals surface area contributed by atoms with E-state index in [-0.39, 0.29) is 0 Å². The van der Waals surface area contributed by atoms with Crippen molar-refractivity contribution in [3.05, 3.63) is 0 Å². The van der Waals surface area contributed by atoms with Crippen LogP contribution in [0.15, 0.2) is 0 Å². The van der Waals surface area contributed by atoms with Gasteiger partial charge in [0.1, 0.15) is 0 Å². The fraction of sp³-hybridized carbons (Fsp3) is 1.00. The molecule has 0 amide bonds. The highest BCUT2D eigenvalue weighted by Gasteiger charge is 2.01. The maximum absolute atomic E-state index is 5.63. The van der Waals surface area contributed by atoms with Crippen LogP contribution in [0.4, 0.5) is 0 Å². The van der Waals surface area contributed by atoms with Crippen LogP contribution in [0.25, 0.3) is 0 Å². The summed E-state index contributed by atoms with van der Waals surface area (Å²) in [5, 5.41) is 0. The van der Waals surface area contributed by atoms with Crippen molar-refractivity contribution in [2.45, 2.75) is 12.8 Å². The highest BCUT2D eigenvalue weighted by Crippen LogP contribution is 1.98. The number of alkyl halides is 3. The van der Waals surface area contributed by atoms with Crippen molar-refractivity contribution in [1.82, 2.24) is 4.90 Å². The van der Waals surface area contributed by atoms with Crippen LogP contribution >= 0.6 is 34.8 Å². The number of rotatable bonds is 8. The third-order valence-electron chi connectivity index (χ3n) is 1.66. The molecule has 0 bridgehead atoms. The third kappa shape index (κ3) is 7.48. The minimum atomic E-state index is 0.678. The van der Waals surface area contributed by atoms with Crippen LogP contribution < -0.4 is 0 Å². The summed E-state index contributed by atoms with van der Waals surface area (Å²) in [4.78, 5) is 2.27. The Bertz CT molecular complexity index is 84.4. The normalized spacial score (nSPS) is 11.0. The third-order valence-corrected chi connectivity index (χ3v) is 2.26. The summed E-state index contributed by atoms with van der Waals surface area (Å²) >= 11 is 16.8. The lowest BCUT2D eigenvalue weighted by Gasteiger charge is -2.19. The van der Waals surface area contributed by atoms with Crippen LogP contribution in [0, 0.1) is 0 Å². The maximum atomic E-state index is 5.63. The van der Waals surface area contributed by atoms with Gasteiger partial charge in [0.15, 0.2) is 0 Å². The van der Waals surface area contributed by atoms with Crippen molar-refractivity contribution in [3.8, 4) is 0 Å². The first-order valence-electron chi connectivity index (χ1n) is 4.25. The molecule has 0 saturated carbocycles. The lowest BCUT2D eigenvalue weighted by molar-refractivity contribution is 0.302. The first-order chi connectivity index (χ1) is 5.85. The molecule has 0 aliphatic rings. The average Bonchev–Trinajstić information content (AvgIpc) is 2.06. The molecule has 0 aromatic heterocycles. The molecule has 0 heterocycles. The molecule has 0 aromatic rings. The van der Waals surface area contributed by atoms with Crippen molar-refractivity contribution >= 4 is 34.8 Å². The summed E-state index contributed by atoms with van der Waals surface area (Å²) in [6, 6.07) is 0. The molecule has 12 heavy (non-hydrogen) atoms. The Morgan fingerprint density at radius 1 is 0.667 bits per heavy atom. The second kappa shape index (κ2) is 9.91. The molecule has 0 unspecified atom stereocenters. The molecule has 0 spiro atoms. The summed E-state index contributed by atoms with van der Waals surface area (Å²) < 4.78 is 0. The monoisotopic (exact) mass is 231 g/mol. The van der Waals surface area contributed by atoms with E-state index in [1.54, 1.807) is 0 Å². The fourth-order valence-corrected chi connectivity index (χ4v) is 1.67. The van der Waals surface area contributed by atoms with Gasteiger partial charge in [-0.05, 0) is 19.4 Å². The van der Waals surface area contributed by atoms with Gasteiger partial charge in [-0.2, -0.15) is 0 Å². The molecule has 0 radical (unpaired) electrons. The van der Waals surface area contributed by atoms with E-state index in [2.05, 4.69) is 4.90 Å². The SMILES string of the molecule is ClCCCCN(CCCl)CCCl. The zero-order valence-corrected chi connectivity index (χ0v) is 9.51. The fourth-order valence-electron chi connectivity index (χ4n) is 1.00. The van der Waals surface area contributed by atoms with Gasteiger partial charge in [-0.1, -0.05) is 0 Å². The van der Waals surface area contributed by atoms with Gasteiger partial charge in [-0.15, -0.1) is 34.8 Å². The zero-order chi connectivity index (χ0) is 9.23. The van der Waals surface area contributed by atoms with E-state index in [4.69, 9.17) is 34.8 Å². The van der Waals surface area contributed by atoms with E-state index in [9.17, 15) is 0 Å². The molecule has 0 fully saturated rings. The van der Waals surface area contributed by atoms with Crippen molar-refractivity contribution in [1.29, 1.82) is 0 Å². The number of hydrogen-bond donors (Lipinski definition) is 0. The summed E-state index contributed by atoms with van der Waals surface area (Å²) in [5.74, 6) is 2.10. The van der Waals surface area contributed by atoms with Crippen molar-refractivity contribution in [2.75, 3.05) is 37.3 Å². The van der Waals surface area contributed by atoms with Gasteiger partial charge in [0.2, 0.25) is 0 Å². The van der Waals surface area contributed by atoms with Crippen LogP contribution in [0.3, 0.4) is 0 Å². The van der Waals surface area contributed by atoms with E-state index in [1.807, 2.05) is 0 Å². The van der Waals surface area contributed by atoms with Gasteiger partial charge in [0.05, 0.1) is 0 Å². The second-order valence-electron chi connectivity index (χ2n) is 2.62. The standard InChI is InChI=1S/C8H16Cl3N/c9-3-1-2-6-12(7-4-10)8-5-11/h1-8H2. The van der Waals surface area contributed by atoms with Crippen LogP contribution in [0.5, 0.6) is 0 Å². The smallest absolute Gasteiger partial charge is 0.0351 e. The summed E-state index contributed by atoms with van der Waals surface area (Å²) in [6.07, 6.45) is 2.21. The maximum Gasteiger partial charge on any atom is 0.0351 e. The van der Waals surface area contributed by atoms with Crippen LogP contribution in [-0.2, 0) is 0 Å². The quantitative estimate of drug-likeness (QED) is 0.459. The van der Waals surface area contributed by atoms with Gasteiger partial charge in [0, 0.05) is 30.7 Å². The predicted molar refractivity (Wildman–Crippen MR) is 57.8 cm³/mol. The lowest BCUT2D eigenvalue weighted by Crippen LogP contribution is -2.29. The van der Waals surface area contributed by atoms with E-state index in [1.165, 1.54) is 0 Å². The number of nitrogens with zero attached hydrogens (tertiary/aromatic N) is 1. The molecular formula is C8H16Cl3N. The number of unbranched alkanes of at least 4 members (excludes halogenated alkanes) is 1. The highest BCUT2D eigenvalue weighted by atomic mass is 35.5. The Morgan fingerprint density at radius 3 is 1.67 bits per heavy atom. The zero-order valence-electron chi connectivity index (χ0n) is 7.24. The molecule has 0 atom stereocenters.